The Morgan fingerprint density at radius 3 is 2.50 bits per heavy atom. The van der Waals surface area contributed by atoms with Crippen LogP contribution in [0.15, 0.2) is 36.4 Å². The highest BCUT2D eigenvalue weighted by Crippen LogP contribution is 2.28. The van der Waals surface area contributed by atoms with Crippen molar-refractivity contribution < 1.29 is 18.0 Å². The number of anilines is 1. The second kappa shape index (κ2) is 7.44. The number of amides is 1. The lowest BCUT2D eigenvalue weighted by Gasteiger charge is -2.13. The minimum atomic E-state index is -4.53. The molecule has 0 bridgehead atoms. The van der Waals surface area contributed by atoms with Crippen LogP contribution >= 0.6 is 0 Å². The van der Waals surface area contributed by atoms with Crippen molar-refractivity contribution in [2.45, 2.75) is 26.6 Å². The van der Waals surface area contributed by atoms with Gasteiger partial charge in [0.15, 0.2) is 0 Å². The normalized spacial score (nSPS) is 11.4. The van der Waals surface area contributed by atoms with Gasteiger partial charge in [-0.3, -0.25) is 4.79 Å². The van der Waals surface area contributed by atoms with Crippen LogP contribution in [0.5, 0.6) is 0 Å². The van der Waals surface area contributed by atoms with Crippen LogP contribution in [0, 0.1) is 6.92 Å². The van der Waals surface area contributed by atoms with Gasteiger partial charge in [0.1, 0.15) is 5.69 Å². The number of benzene rings is 1. The Balaban J connectivity index is 2.22. The van der Waals surface area contributed by atoms with Crippen molar-refractivity contribution in [3.8, 4) is 0 Å². The first-order valence-electron chi connectivity index (χ1n) is 7.47. The second-order valence-corrected chi connectivity index (χ2v) is 5.22. The average Bonchev–Trinajstić information content (AvgIpc) is 2.53. The summed E-state index contributed by atoms with van der Waals surface area (Å²) in [6.45, 7) is 4.72. The van der Waals surface area contributed by atoms with Gasteiger partial charge in [-0.1, -0.05) is 25.1 Å². The van der Waals surface area contributed by atoms with Crippen LogP contribution in [0.3, 0.4) is 0 Å². The summed E-state index contributed by atoms with van der Waals surface area (Å²) >= 11 is 0. The highest BCUT2D eigenvalue weighted by atomic mass is 19.4. The number of aryl methyl sites for hydroxylation is 1. The van der Waals surface area contributed by atoms with Crippen molar-refractivity contribution in [3.05, 3.63) is 58.9 Å². The molecule has 2 rings (SSSR count). The number of nitrogens with zero attached hydrogens (tertiary/aromatic N) is 1. The zero-order chi connectivity index (χ0) is 17.7. The summed E-state index contributed by atoms with van der Waals surface area (Å²) in [4.78, 5) is 15.9. The van der Waals surface area contributed by atoms with Crippen LogP contribution in [0.4, 0.5) is 18.9 Å². The zero-order valence-corrected chi connectivity index (χ0v) is 13.4. The third-order valence-electron chi connectivity index (χ3n) is 3.45. The van der Waals surface area contributed by atoms with Crippen LogP contribution in [0.1, 0.15) is 34.2 Å². The molecule has 128 valence electrons. The molecule has 2 N–H and O–H groups in total. The molecule has 1 aromatic heterocycles. The topological polar surface area (TPSA) is 54.0 Å². The molecule has 2 aromatic rings. The molecule has 0 aliphatic heterocycles. The van der Waals surface area contributed by atoms with Crippen LogP contribution in [0.2, 0.25) is 0 Å². The summed E-state index contributed by atoms with van der Waals surface area (Å²) in [6.07, 6.45) is -4.53. The molecule has 1 heterocycles. The Morgan fingerprint density at radius 1 is 1.17 bits per heavy atom. The molecule has 7 heteroatoms. The van der Waals surface area contributed by atoms with Gasteiger partial charge in [0.05, 0.1) is 11.3 Å². The standard InChI is InChI=1S/C17H18F3N3O/c1-3-21-10-12-6-4-5-7-14(12)23-16(24)13-8-9-15(17(18,19)20)22-11(13)2/h4-9,21H,3,10H2,1-2H3,(H,23,24). The third-order valence-corrected chi connectivity index (χ3v) is 3.45. The average molecular weight is 337 g/mol. The molecule has 0 saturated heterocycles. The third kappa shape index (κ3) is 4.32. The van der Waals surface area contributed by atoms with Gasteiger partial charge in [0.2, 0.25) is 0 Å². The van der Waals surface area contributed by atoms with Gasteiger partial charge in [-0.25, -0.2) is 4.98 Å². The Hall–Kier alpha value is -2.41. The van der Waals surface area contributed by atoms with Crippen LogP contribution in [-0.4, -0.2) is 17.4 Å². The van der Waals surface area contributed by atoms with Crippen molar-refractivity contribution in [1.29, 1.82) is 0 Å². The molecule has 1 amide bonds. The molecule has 1 aromatic carbocycles. The monoisotopic (exact) mass is 337 g/mol. The van der Waals surface area contributed by atoms with Crippen molar-refractivity contribution in [2.75, 3.05) is 11.9 Å². The van der Waals surface area contributed by atoms with Crippen LogP contribution in [-0.2, 0) is 12.7 Å². The number of aromatic nitrogens is 1. The first kappa shape index (κ1) is 17.9. The van der Waals surface area contributed by atoms with Crippen molar-refractivity contribution in [3.63, 3.8) is 0 Å². The van der Waals surface area contributed by atoms with Crippen LogP contribution in [0.25, 0.3) is 0 Å². The fourth-order valence-electron chi connectivity index (χ4n) is 2.20. The molecule has 0 radical (unpaired) electrons. The SMILES string of the molecule is CCNCc1ccccc1NC(=O)c1ccc(C(F)(F)F)nc1C. The first-order valence-corrected chi connectivity index (χ1v) is 7.47. The number of hydrogen-bond acceptors (Lipinski definition) is 3. The summed E-state index contributed by atoms with van der Waals surface area (Å²) < 4.78 is 37.9. The number of para-hydroxylation sites is 1. The maximum Gasteiger partial charge on any atom is 0.433 e. The fraction of sp³-hybridized carbons (Fsp3) is 0.294. The zero-order valence-electron chi connectivity index (χ0n) is 13.4. The van der Waals surface area contributed by atoms with Crippen molar-refractivity contribution in [2.24, 2.45) is 0 Å². The molecule has 0 unspecified atom stereocenters. The van der Waals surface area contributed by atoms with Gasteiger partial charge >= 0.3 is 6.18 Å². The van der Waals surface area contributed by atoms with E-state index in [9.17, 15) is 18.0 Å². The molecule has 0 fully saturated rings. The number of hydrogen-bond donors (Lipinski definition) is 2. The minimum absolute atomic E-state index is 0.0338. The van der Waals surface area contributed by atoms with Gasteiger partial charge in [0, 0.05) is 12.2 Å². The van der Waals surface area contributed by atoms with Crippen molar-refractivity contribution in [1.82, 2.24) is 10.3 Å². The lowest BCUT2D eigenvalue weighted by Crippen LogP contribution is -2.19. The largest absolute Gasteiger partial charge is 0.433 e. The minimum Gasteiger partial charge on any atom is -0.322 e. The Kier molecular flexibility index (Phi) is 5.56. The summed E-state index contributed by atoms with van der Waals surface area (Å²) in [5, 5.41) is 5.90. The molecular formula is C17H18F3N3O. The molecule has 0 saturated carbocycles. The number of carbonyl (C=O) groups is 1. The maximum atomic E-state index is 12.6. The van der Waals surface area contributed by atoms with Gasteiger partial charge in [-0.15, -0.1) is 0 Å². The number of rotatable bonds is 5. The Bertz CT molecular complexity index is 729. The number of carbonyl (C=O) groups excluding carboxylic acids is 1. The van der Waals surface area contributed by atoms with Gasteiger partial charge in [0.25, 0.3) is 5.91 Å². The predicted octanol–water partition coefficient (Wildman–Crippen LogP) is 3.77. The van der Waals surface area contributed by atoms with E-state index in [1.165, 1.54) is 6.92 Å². The lowest BCUT2D eigenvalue weighted by atomic mass is 10.1. The summed E-state index contributed by atoms with van der Waals surface area (Å²) in [7, 11) is 0. The van der Waals surface area contributed by atoms with Gasteiger partial charge in [-0.05, 0) is 37.2 Å². The quantitative estimate of drug-likeness (QED) is 0.873. The van der Waals surface area contributed by atoms with E-state index in [1.807, 2.05) is 19.1 Å². The molecule has 0 spiro atoms. The van der Waals surface area contributed by atoms with E-state index in [0.717, 1.165) is 24.2 Å². The fourth-order valence-corrected chi connectivity index (χ4v) is 2.20. The van der Waals surface area contributed by atoms with E-state index < -0.39 is 17.8 Å². The lowest BCUT2D eigenvalue weighted by molar-refractivity contribution is -0.141. The molecular weight excluding hydrogens is 319 g/mol. The Labute approximate surface area is 138 Å². The highest BCUT2D eigenvalue weighted by molar-refractivity contribution is 6.05. The van der Waals surface area contributed by atoms with Gasteiger partial charge < -0.3 is 10.6 Å². The molecule has 0 aliphatic rings. The summed E-state index contributed by atoms with van der Waals surface area (Å²) in [6, 6.07) is 9.21. The highest BCUT2D eigenvalue weighted by Gasteiger charge is 2.33. The van der Waals surface area contributed by atoms with E-state index >= 15 is 0 Å². The molecule has 0 atom stereocenters. The van der Waals surface area contributed by atoms with E-state index in [-0.39, 0.29) is 11.3 Å². The maximum absolute atomic E-state index is 12.6. The summed E-state index contributed by atoms with van der Waals surface area (Å²) in [5.41, 5.74) is 0.643. The van der Waals surface area contributed by atoms with E-state index in [2.05, 4.69) is 15.6 Å². The first-order chi connectivity index (χ1) is 11.3. The number of nitrogens with one attached hydrogen (secondary N) is 2. The number of pyridine rings is 1. The number of halogens is 3. The van der Waals surface area contributed by atoms with E-state index in [4.69, 9.17) is 0 Å². The molecule has 4 nitrogen and oxygen atoms in total. The van der Waals surface area contributed by atoms with E-state index in [0.29, 0.717) is 12.2 Å². The van der Waals surface area contributed by atoms with Crippen LogP contribution < -0.4 is 10.6 Å². The smallest absolute Gasteiger partial charge is 0.322 e. The Morgan fingerprint density at radius 2 is 1.88 bits per heavy atom. The van der Waals surface area contributed by atoms with E-state index in [1.54, 1.807) is 12.1 Å². The summed E-state index contributed by atoms with van der Waals surface area (Å²) in [5.74, 6) is -0.488. The molecule has 0 aliphatic carbocycles. The number of alkyl halides is 3. The van der Waals surface area contributed by atoms with Gasteiger partial charge in [-0.2, -0.15) is 13.2 Å². The second-order valence-electron chi connectivity index (χ2n) is 5.22. The predicted molar refractivity (Wildman–Crippen MR) is 85.8 cm³/mol. The molecule has 24 heavy (non-hydrogen) atoms. The van der Waals surface area contributed by atoms with Crippen molar-refractivity contribution >= 4 is 11.6 Å².